The van der Waals surface area contributed by atoms with Crippen molar-refractivity contribution >= 4 is 57.3 Å². The van der Waals surface area contributed by atoms with Crippen LogP contribution in [-0.4, -0.2) is 38.7 Å². The lowest BCUT2D eigenvalue weighted by Gasteiger charge is -2.19. The SMILES string of the molecule is CN=C(NS(=O)(=O)c1ccc(Cl)cc1)N1C[C@H](c2ccccc2)C(c2ccc(Cl)cc2)=N1.Cl. The average molecular weight is 524 g/mol. The summed E-state index contributed by atoms with van der Waals surface area (Å²) in [5.41, 5.74) is 2.78. The number of benzene rings is 3. The fourth-order valence-electron chi connectivity index (χ4n) is 3.47. The molecule has 0 fully saturated rings. The first-order chi connectivity index (χ1) is 15.4. The van der Waals surface area contributed by atoms with E-state index in [1.807, 2.05) is 54.6 Å². The summed E-state index contributed by atoms with van der Waals surface area (Å²) < 4.78 is 28.3. The molecule has 0 saturated carbocycles. The van der Waals surface area contributed by atoms with Crippen molar-refractivity contribution in [2.24, 2.45) is 10.1 Å². The maximum absolute atomic E-state index is 12.9. The molecule has 4 rings (SSSR count). The van der Waals surface area contributed by atoms with E-state index in [0.29, 0.717) is 16.6 Å². The van der Waals surface area contributed by atoms with Gasteiger partial charge in [-0.05, 0) is 47.5 Å². The van der Waals surface area contributed by atoms with E-state index in [0.717, 1.165) is 16.8 Å². The number of hydrogen-bond donors (Lipinski definition) is 1. The lowest BCUT2D eigenvalue weighted by molar-refractivity contribution is 0.462. The smallest absolute Gasteiger partial charge is 0.254 e. The molecule has 0 amide bonds. The van der Waals surface area contributed by atoms with Crippen molar-refractivity contribution in [3.05, 3.63) is 100 Å². The highest BCUT2D eigenvalue weighted by Crippen LogP contribution is 2.29. The standard InChI is InChI=1S/C23H20Cl2N4O2S.ClH/c1-26-23(28-32(30,31)20-13-11-19(25)12-14-20)29-15-21(16-5-3-2-4-6-16)22(27-29)17-7-9-18(24)10-8-17;/h2-14,21H,15H2,1H3,(H,26,28);1H/t21-;/m1./s1. The Kier molecular flexibility index (Phi) is 8.02. The van der Waals surface area contributed by atoms with E-state index in [1.54, 1.807) is 5.01 Å². The van der Waals surface area contributed by atoms with Crippen molar-refractivity contribution in [1.82, 2.24) is 9.73 Å². The summed E-state index contributed by atoms with van der Waals surface area (Å²) in [6.45, 7) is 0.428. The summed E-state index contributed by atoms with van der Waals surface area (Å²) in [6.07, 6.45) is 0. The predicted molar refractivity (Wildman–Crippen MR) is 136 cm³/mol. The van der Waals surface area contributed by atoms with Gasteiger partial charge in [0.15, 0.2) is 0 Å². The van der Waals surface area contributed by atoms with Gasteiger partial charge in [-0.2, -0.15) is 5.10 Å². The molecule has 0 bridgehead atoms. The molecular formula is C23H21Cl3N4O2S. The van der Waals surface area contributed by atoms with Gasteiger partial charge in [0.05, 0.1) is 17.2 Å². The Morgan fingerprint density at radius 2 is 1.55 bits per heavy atom. The normalized spacial score (nSPS) is 16.2. The molecule has 172 valence electrons. The fourth-order valence-corrected chi connectivity index (χ4v) is 4.77. The van der Waals surface area contributed by atoms with Gasteiger partial charge in [0.25, 0.3) is 10.0 Å². The zero-order valence-electron chi connectivity index (χ0n) is 17.5. The minimum Gasteiger partial charge on any atom is -0.254 e. The zero-order chi connectivity index (χ0) is 22.7. The molecule has 3 aromatic rings. The second-order valence-corrected chi connectivity index (χ2v) is 9.70. The first-order valence-electron chi connectivity index (χ1n) is 9.79. The van der Waals surface area contributed by atoms with Gasteiger partial charge in [-0.25, -0.2) is 18.1 Å². The number of guanidine groups is 1. The molecule has 33 heavy (non-hydrogen) atoms. The average Bonchev–Trinajstić information content (AvgIpc) is 3.24. The molecule has 0 spiro atoms. The lowest BCUT2D eigenvalue weighted by atomic mass is 9.91. The van der Waals surface area contributed by atoms with Crippen LogP contribution in [0.2, 0.25) is 10.0 Å². The molecular weight excluding hydrogens is 503 g/mol. The van der Waals surface area contributed by atoms with Crippen LogP contribution in [-0.2, 0) is 10.0 Å². The molecule has 0 radical (unpaired) electrons. The highest BCUT2D eigenvalue weighted by Gasteiger charge is 2.32. The molecule has 1 atom stereocenters. The van der Waals surface area contributed by atoms with Crippen molar-refractivity contribution in [3.8, 4) is 0 Å². The third-order valence-corrected chi connectivity index (χ3v) is 6.91. The van der Waals surface area contributed by atoms with E-state index in [-0.39, 0.29) is 29.2 Å². The van der Waals surface area contributed by atoms with Gasteiger partial charge >= 0.3 is 0 Å². The van der Waals surface area contributed by atoms with Gasteiger partial charge in [0.2, 0.25) is 5.96 Å². The van der Waals surface area contributed by atoms with Crippen LogP contribution in [0.1, 0.15) is 17.0 Å². The molecule has 0 unspecified atom stereocenters. The van der Waals surface area contributed by atoms with Crippen LogP contribution < -0.4 is 4.72 Å². The summed E-state index contributed by atoms with van der Waals surface area (Å²) in [4.78, 5) is 4.25. The van der Waals surface area contributed by atoms with Crippen LogP contribution in [0.25, 0.3) is 0 Å². The number of sulfonamides is 1. The molecule has 0 saturated heterocycles. The minimum atomic E-state index is -3.86. The van der Waals surface area contributed by atoms with E-state index in [1.165, 1.54) is 31.3 Å². The number of rotatable bonds is 4. The maximum atomic E-state index is 12.9. The number of hydrazone groups is 1. The van der Waals surface area contributed by atoms with Crippen LogP contribution in [0.3, 0.4) is 0 Å². The van der Waals surface area contributed by atoms with Crippen LogP contribution in [0, 0.1) is 0 Å². The van der Waals surface area contributed by atoms with Crippen LogP contribution >= 0.6 is 35.6 Å². The quantitative estimate of drug-likeness (QED) is 0.378. The number of nitrogens with one attached hydrogen (secondary N) is 1. The molecule has 1 aliphatic rings. The first kappa shape index (κ1) is 25.1. The van der Waals surface area contributed by atoms with Crippen molar-refractivity contribution in [2.45, 2.75) is 10.8 Å². The molecule has 1 heterocycles. The third kappa shape index (κ3) is 5.68. The summed E-state index contributed by atoms with van der Waals surface area (Å²) in [6, 6.07) is 23.3. The number of halogens is 3. The first-order valence-corrected chi connectivity index (χ1v) is 12.0. The number of aliphatic imine (C=N–C) groups is 1. The van der Waals surface area contributed by atoms with Crippen molar-refractivity contribution in [2.75, 3.05) is 13.6 Å². The summed E-state index contributed by atoms with van der Waals surface area (Å²) in [5.74, 6) is 0.0546. The lowest BCUT2D eigenvalue weighted by Crippen LogP contribution is -2.41. The second kappa shape index (κ2) is 10.6. The van der Waals surface area contributed by atoms with Gasteiger partial charge in [-0.3, -0.25) is 4.99 Å². The van der Waals surface area contributed by atoms with Gasteiger partial charge in [-0.1, -0.05) is 65.7 Å². The molecule has 0 aliphatic carbocycles. The Labute approximate surface area is 209 Å². The molecule has 0 aromatic heterocycles. The van der Waals surface area contributed by atoms with Crippen LogP contribution in [0.4, 0.5) is 0 Å². The van der Waals surface area contributed by atoms with Gasteiger partial charge in [-0.15, -0.1) is 12.4 Å². The Bertz CT molecular complexity index is 1260. The molecule has 3 aromatic carbocycles. The van der Waals surface area contributed by atoms with Gasteiger partial charge in [0.1, 0.15) is 0 Å². The van der Waals surface area contributed by atoms with Crippen molar-refractivity contribution in [3.63, 3.8) is 0 Å². The second-order valence-electron chi connectivity index (χ2n) is 7.14. The molecule has 6 nitrogen and oxygen atoms in total. The largest absolute Gasteiger partial charge is 0.264 e. The highest BCUT2D eigenvalue weighted by molar-refractivity contribution is 7.90. The Morgan fingerprint density at radius 3 is 2.12 bits per heavy atom. The Hall–Kier alpha value is -2.58. The van der Waals surface area contributed by atoms with E-state index >= 15 is 0 Å². The zero-order valence-corrected chi connectivity index (χ0v) is 20.7. The maximum Gasteiger partial charge on any atom is 0.264 e. The monoisotopic (exact) mass is 522 g/mol. The Morgan fingerprint density at radius 1 is 0.970 bits per heavy atom. The van der Waals surface area contributed by atoms with Crippen molar-refractivity contribution < 1.29 is 8.42 Å². The Balaban J connectivity index is 0.00000306. The van der Waals surface area contributed by atoms with E-state index < -0.39 is 10.0 Å². The molecule has 1 N–H and O–H groups in total. The van der Waals surface area contributed by atoms with Crippen molar-refractivity contribution in [1.29, 1.82) is 0 Å². The molecule has 10 heteroatoms. The number of hydrogen-bond acceptors (Lipinski definition) is 4. The third-order valence-electron chi connectivity index (χ3n) is 5.06. The van der Waals surface area contributed by atoms with E-state index in [4.69, 9.17) is 28.3 Å². The topological polar surface area (TPSA) is 74.1 Å². The summed E-state index contributed by atoms with van der Waals surface area (Å²) in [5, 5.41) is 7.40. The summed E-state index contributed by atoms with van der Waals surface area (Å²) in [7, 11) is -2.34. The highest BCUT2D eigenvalue weighted by atomic mass is 35.5. The molecule has 1 aliphatic heterocycles. The van der Waals surface area contributed by atoms with Gasteiger partial charge < -0.3 is 0 Å². The summed E-state index contributed by atoms with van der Waals surface area (Å²) >= 11 is 11.9. The van der Waals surface area contributed by atoms with Crippen LogP contribution in [0.15, 0.2) is 93.9 Å². The van der Waals surface area contributed by atoms with Gasteiger partial charge in [0, 0.05) is 23.0 Å². The minimum absolute atomic E-state index is 0. The number of nitrogens with zero attached hydrogens (tertiary/aromatic N) is 3. The van der Waals surface area contributed by atoms with Crippen LogP contribution in [0.5, 0.6) is 0 Å². The fraction of sp³-hybridized carbons (Fsp3) is 0.130. The van der Waals surface area contributed by atoms with E-state index in [2.05, 4.69) is 9.71 Å². The van der Waals surface area contributed by atoms with E-state index in [9.17, 15) is 8.42 Å². The predicted octanol–water partition coefficient (Wildman–Crippen LogP) is 5.18.